The van der Waals surface area contributed by atoms with Gasteiger partial charge in [-0.15, -0.1) is 0 Å². The Hall–Kier alpha value is -3.86. The van der Waals surface area contributed by atoms with E-state index in [1.165, 1.54) is 29.2 Å². The summed E-state index contributed by atoms with van der Waals surface area (Å²) in [6, 6.07) is 13.4. The van der Waals surface area contributed by atoms with Crippen LogP contribution in [0.5, 0.6) is 0 Å². The number of fused-ring (bicyclic) bond motifs is 1. The van der Waals surface area contributed by atoms with Crippen molar-refractivity contribution in [2.45, 2.75) is 12.7 Å². The van der Waals surface area contributed by atoms with Crippen molar-refractivity contribution in [3.05, 3.63) is 89.2 Å². The lowest BCUT2D eigenvalue weighted by molar-refractivity contribution is -0.142. The summed E-state index contributed by atoms with van der Waals surface area (Å²) in [4.78, 5) is 20.8. The van der Waals surface area contributed by atoms with E-state index < -0.39 is 23.6 Å². The third kappa shape index (κ3) is 4.78. The highest BCUT2D eigenvalue weighted by Gasteiger charge is 2.36. The number of hydrogen-bond donors (Lipinski definition) is 0. The van der Waals surface area contributed by atoms with Gasteiger partial charge >= 0.3 is 6.18 Å². The number of rotatable bonds is 4. The molecule has 5 rings (SSSR count). The van der Waals surface area contributed by atoms with Crippen molar-refractivity contribution in [2.24, 2.45) is 0 Å². The minimum atomic E-state index is -4.76. The molecule has 0 saturated carbocycles. The lowest BCUT2D eigenvalue weighted by Gasteiger charge is -2.34. The predicted octanol–water partition coefficient (Wildman–Crippen LogP) is 4.65. The molecule has 1 amide bonds. The maximum Gasteiger partial charge on any atom is 0.433 e. The SMILES string of the molecule is O=C(c1cc2nc(-c3ccc(F)cc3)cc(C(F)(F)F)n2n1)N1CCN(Cc2ccccc2F)CC1. The second-order valence-corrected chi connectivity index (χ2v) is 8.49. The van der Waals surface area contributed by atoms with Gasteiger partial charge in [-0.25, -0.2) is 18.3 Å². The summed E-state index contributed by atoms with van der Waals surface area (Å²) in [7, 11) is 0. The van der Waals surface area contributed by atoms with Gasteiger partial charge in [0, 0.05) is 49.9 Å². The lowest BCUT2D eigenvalue weighted by Crippen LogP contribution is -2.48. The summed E-state index contributed by atoms with van der Waals surface area (Å²) in [5.41, 5.74) is -0.571. The van der Waals surface area contributed by atoms with Crippen LogP contribution in [-0.4, -0.2) is 56.5 Å². The molecule has 4 aromatic rings. The number of aromatic nitrogens is 3. The minimum Gasteiger partial charge on any atom is -0.335 e. The van der Waals surface area contributed by atoms with E-state index in [1.54, 1.807) is 18.2 Å². The molecule has 0 bridgehead atoms. The topological polar surface area (TPSA) is 53.7 Å². The monoisotopic (exact) mass is 501 g/mol. The van der Waals surface area contributed by atoms with Crippen LogP contribution in [0.25, 0.3) is 16.9 Å². The Morgan fingerprint density at radius 1 is 0.917 bits per heavy atom. The number of piperazine rings is 1. The van der Waals surface area contributed by atoms with E-state index in [0.717, 1.165) is 18.2 Å². The predicted molar refractivity (Wildman–Crippen MR) is 121 cm³/mol. The van der Waals surface area contributed by atoms with Gasteiger partial charge in [0.2, 0.25) is 0 Å². The molecule has 1 aliphatic rings. The highest BCUT2D eigenvalue weighted by molar-refractivity contribution is 5.93. The van der Waals surface area contributed by atoms with Crippen molar-refractivity contribution in [3.63, 3.8) is 0 Å². The molecule has 0 N–H and O–H groups in total. The quantitative estimate of drug-likeness (QED) is 0.382. The van der Waals surface area contributed by atoms with E-state index in [2.05, 4.69) is 10.1 Å². The fourth-order valence-electron chi connectivity index (χ4n) is 4.19. The van der Waals surface area contributed by atoms with Gasteiger partial charge in [-0.2, -0.15) is 18.3 Å². The maximum absolute atomic E-state index is 13.9. The summed E-state index contributed by atoms with van der Waals surface area (Å²) < 4.78 is 69.3. The molecule has 0 spiro atoms. The minimum absolute atomic E-state index is 0.0181. The van der Waals surface area contributed by atoms with Crippen molar-refractivity contribution >= 4 is 11.6 Å². The Balaban J connectivity index is 1.38. The fraction of sp³-hybridized carbons (Fsp3) is 0.240. The second kappa shape index (κ2) is 9.30. The molecule has 2 aromatic carbocycles. The zero-order valence-corrected chi connectivity index (χ0v) is 18.8. The molecule has 186 valence electrons. The Bertz CT molecular complexity index is 1410. The van der Waals surface area contributed by atoms with Crippen molar-refractivity contribution in [3.8, 4) is 11.3 Å². The van der Waals surface area contributed by atoms with Crippen molar-refractivity contribution < 1.29 is 26.7 Å². The molecule has 1 aliphatic heterocycles. The van der Waals surface area contributed by atoms with Crippen LogP contribution in [0.2, 0.25) is 0 Å². The van der Waals surface area contributed by atoms with E-state index in [9.17, 15) is 26.7 Å². The summed E-state index contributed by atoms with van der Waals surface area (Å²) >= 11 is 0. The van der Waals surface area contributed by atoms with Gasteiger partial charge in [0.25, 0.3) is 5.91 Å². The number of carbonyl (C=O) groups is 1. The van der Waals surface area contributed by atoms with Crippen LogP contribution < -0.4 is 0 Å². The number of alkyl halides is 3. The first-order valence-corrected chi connectivity index (χ1v) is 11.2. The van der Waals surface area contributed by atoms with Crippen LogP contribution >= 0.6 is 0 Å². The lowest BCUT2D eigenvalue weighted by atomic mass is 10.1. The normalized spacial score (nSPS) is 15.0. The van der Waals surface area contributed by atoms with Gasteiger partial charge < -0.3 is 4.90 Å². The molecule has 36 heavy (non-hydrogen) atoms. The first kappa shape index (κ1) is 23.9. The molecule has 6 nitrogen and oxygen atoms in total. The van der Waals surface area contributed by atoms with Crippen LogP contribution in [-0.2, 0) is 12.7 Å². The van der Waals surface area contributed by atoms with Crippen LogP contribution in [0.3, 0.4) is 0 Å². The van der Waals surface area contributed by atoms with Crippen LogP contribution in [0.4, 0.5) is 22.0 Å². The molecular formula is C25H20F5N5O. The average Bonchev–Trinajstić information content (AvgIpc) is 3.29. The summed E-state index contributed by atoms with van der Waals surface area (Å²) in [6.45, 7) is 2.00. The highest BCUT2D eigenvalue weighted by atomic mass is 19.4. The van der Waals surface area contributed by atoms with E-state index in [1.807, 2.05) is 4.90 Å². The zero-order chi connectivity index (χ0) is 25.4. The Kier molecular flexibility index (Phi) is 6.17. The maximum atomic E-state index is 13.9. The van der Waals surface area contributed by atoms with Crippen LogP contribution in [0, 0.1) is 11.6 Å². The van der Waals surface area contributed by atoms with Gasteiger partial charge in [-0.05, 0) is 36.4 Å². The number of benzene rings is 2. The molecule has 0 atom stereocenters. The molecule has 0 aliphatic carbocycles. The molecule has 0 unspecified atom stereocenters. The number of amides is 1. The summed E-state index contributed by atoms with van der Waals surface area (Å²) in [5.74, 6) is -1.33. The van der Waals surface area contributed by atoms with Crippen LogP contribution in [0.1, 0.15) is 21.7 Å². The third-order valence-electron chi connectivity index (χ3n) is 6.09. The second-order valence-electron chi connectivity index (χ2n) is 8.49. The number of hydrogen-bond acceptors (Lipinski definition) is 4. The number of carbonyl (C=O) groups excluding carboxylic acids is 1. The molecular weight excluding hydrogens is 481 g/mol. The van der Waals surface area contributed by atoms with Gasteiger partial charge in [0.15, 0.2) is 17.0 Å². The van der Waals surface area contributed by atoms with Gasteiger partial charge in [-0.3, -0.25) is 9.69 Å². The van der Waals surface area contributed by atoms with E-state index in [0.29, 0.717) is 48.4 Å². The van der Waals surface area contributed by atoms with Crippen LogP contribution in [0.15, 0.2) is 60.7 Å². The zero-order valence-electron chi connectivity index (χ0n) is 18.8. The number of halogens is 5. The average molecular weight is 501 g/mol. The first-order valence-electron chi connectivity index (χ1n) is 11.2. The Morgan fingerprint density at radius 3 is 2.28 bits per heavy atom. The highest BCUT2D eigenvalue weighted by Crippen LogP contribution is 2.32. The first-order chi connectivity index (χ1) is 17.2. The molecule has 0 radical (unpaired) electrons. The van der Waals surface area contributed by atoms with E-state index in [4.69, 9.17) is 0 Å². The van der Waals surface area contributed by atoms with Gasteiger partial charge in [0.05, 0.1) is 5.69 Å². The molecule has 2 aromatic heterocycles. The molecule has 3 heterocycles. The third-order valence-corrected chi connectivity index (χ3v) is 6.09. The fourth-order valence-corrected chi connectivity index (χ4v) is 4.19. The largest absolute Gasteiger partial charge is 0.433 e. The summed E-state index contributed by atoms with van der Waals surface area (Å²) in [6.07, 6.45) is -4.76. The smallest absolute Gasteiger partial charge is 0.335 e. The van der Waals surface area contributed by atoms with E-state index in [-0.39, 0.29) is 22.9 Å². The molecule has 11 heteroatoms. The van der Waals surface area contributed by atoms with Crippen molar-refractivity contribution in [1.82, 2.24) is 24.4 Å². The van der Waals surface area contributed by atoms with Crippen molar-refractivity contribution in [1.29, 1.82) is 0 Å². The Labute approximate surface area is 202 Å². The Morgan fingerprint density at radius 2 is 1.61 bits per heavy atom. The van der Waals surface area contributed by atoms with Gasteiger partial charge in [0.1, 0.15) is 11.6 Å². The van der Waals surface area contributed by atoms with E-state index >= 15 is 0 Å². The summed E-state index contributed by atoms with van der Waals surface area (Å²) in [5, 5.41) is 3.92. The van der Waals surface area contributed by atoms with Gasteiger partial charge in [-0.1, -0.05) is 18.2 Å². The molecule has 1 fully saturated rings. The molecule has 1 saturated heterocycles. The number of nitrogens with zero attached hydrogens (tertiary/aromatic N) is 5. The van der Waals surface area contributed by atoms with Crippen molar-refractivity contribution in [2.75, 3.05) is 26.2 Å². The standard InChI is InChI=1S/C25H20F5N5O/c26-18-7-5-16(6-8-18)20-13-22(25(28,29)30)35-23(31-20)14-21(32-35)24(36)34-11-9-33(10-12-34)15-17-3-1-2-4-19(17)27/h1-8,13-14H,9-12,15H2.